The Morgan fingerprint density at radius 1 is 1.04 bits per heavy atom. The zero-order chi connectivity index (χ0) is 18.8. The maximum absolute atomic E-state index is 13.3. The Balaban J connectivity index is 1.96. The molecule has 0 fully saturated rings. The molecule has 0 spiro atoms. The average molecular weight is 358 g/mol. The van der Waals surface area contributed by atoms with Crippen molar-refractivity contribution in [2.45, 2.75) is 19.4 Å². The zero-order valence-electron chi connectivity index (χ0n) is 15.3. The van der Waals surface area contributed by atoms with Gasteiger partial charge in [-0.1, -0.05) is 24.3 Å². The molecule has 4 nitrogen and oxygen atoms in total. The Kier molecular flexibility index (Phi) is 3.17. The van der Waals surface area contributed by atoms with Crippen LogP contribution in [0.15, 0.2) is 57.8 Å². The number of rotatable bonds is 1. The molecular weight excluding hydrogens is 340 g/mol. The van der Waals surface area contributed by atoms with Crippen molar-refractivity contribution >= 4 is 38.8 Å². The molecule has 0 bridgehead atoms. The Morgan fingerprint density at radius 3 is 2.52 bits per heavy atom. The van der Waals surface area contributed by atoms with Crippen molar-refractivity contribution in [1.82, 2.24) is 0 Å². The summed E-state index contributed by atoms with van der Waals surface area (Å²) in [4.78, 5) is 13.3. The van der Waals surface area contributed by atoms with Gasteiger partial charge in [0.05, 0.1) is 18.1 Å². The van der Waals surface area contributed by atoms with Gasteiger partial charge in [-0.05, 0) is 48.9 Å². The van der Waals surface area contributed by atoms with Gasteiger partial charge in [-0.15, -0.1) is 0 Å². The molecule has 1 aliphatic rings. The third kappa shape index (κ3) is 2.33. The molecule has 0 N–H and O–H groups in total. The summed E-state index contributed by atoms with van der Waals surface area (Å²) in [6.45, 7) is 3.96. The fourth-order valence-electron chi connectivity index (χ4n) is 3.68. The summed E-state index contributed by atoms with van der Waals surface area (Å²) >= 11 is 0. The minimum Gasteiger partial charge on any atom is -0.496 e. The first-order valence-corrected chi connectivity index (χ1v) is 8.85. The van der Waals surface area contributed by atoms with E-state index in [0.29, 0.717) is 33.4 Å². The molecule has 0 radical (unpaired) electrons. The normalized spacial score (nSPS) is 15.1. The highest BCUT2D eigenvalue weighted by molar-refractivity contribution is 6.03. The van der Waals surface area contributed by atoms with E-state index >= 15 is 0 Å². The second-order valence-corrected chi connectivity index (χ2v) is 7.36. The molecule has 134 valence electrons. The third-order valence-corrected chi connectivity index (χ3v) is 5.02. The molecule has 0 saturated heterocycles. The van der Waals surface area contributed by atoms with E-state index in [-0.39, 0.29) is 5.43 Å². The van der Waals surface area contributed by atoms with E-state index in [1.807, 2.05) is 62.4 Å². The topological polar surface area (TPSA) is 48.7 Å². The lowest BCUT2D eigenvalue weighted by Gasteiger charge is -2.28. The first kappa shape index (κ1) is 15.9. The van der Waals surface area contributed by atoms with E-state index in [4.69, 9.17) is 13.9 Å². The Hall–Kier alpha value is -3.27. The van der Waals surface area contributed by atoms with Crippen LogP contribution < -0.4 is 14.9 Å². The Labute approximate surface area is 155 Å². The van der Waals surface area contributed by atoms with E-state index < -0.39 is 5.60 Å². The molecule has 0 atom stereocenters. The highest BCUT2D eigenvalue weighted by Crippen LogP contribution is 2.41. The number of fused-ring (bicyclic) bond motifs is 5. The summed E-state index contributed by atoms with van der Waals surface area (Å²) < 4.78 is 17.8. The quantitative estimate of drug-likeness (QED) is 0.434. The smallest absolute Gasteiger partial charge is 0.204 e. The van der Waals surface area contributed by atoms with Gasteiger partial charge in [0.25, 0.3) is 0 Å². The minimum atomic E-state index is -0.432. The molecule has 0 saturated carbocycles. The molecule has 4 heteroatoms. The largest absolute Gasteiger partial charge is 0.496 e. The molecule has 5 rings (SSSR count). The average Bonchev–Trinajstić information content (AvgIpc) is 2.65. The van der Waals surface area contributed by atoms with Crippen molar-refractivity contribution in [1.29, 1.82) is 0 Å². The molecule has 0 unspecified atom stereocenters. The predicted octanol–water partition coefficient (Wildman–Crippen LogP) is 5.29. The van der Waals surface area contributed by atoms with Gasteiger partial charge in [0.2, 0.25) is 5.43 Å². The van der Waals surface area contributed by atoms with Gasteiger partial charge in [-0.3, -0.25) is 4.79 Å². The molecule has 3 aromatic carbocycles. The van der Waals surface area contributed by atoms with Crippen molar-refractivity contribution in [2.24, 2.45) is 0 Å². The summed E-state index contributed by atoms with van der Waals surface area (Å²) in [5.41, 5.74) is 1.27. The standard InChI is InChI=1S/C23H18O4/c1-23(2)9-8-15-18(27-23)12-19(25-3)20-21(24)16-10-13-6-4-5-7-14(13)11-17(16)26-22(15)20/h4-12H,1-3H3. The summed E-state index contributed by atoms with van der Waals surface area (Å²) in [6, 6.07) is 13.5. The predicted molar refractivity (Wildman–Crippen MR) is 108 cm³/mol. The van der Waals surface area contributed by atoms with Gasteiger partial charge in [-0.25, -0.2) is 0 Å². The fourth-order valence-corrected chi connectivity index (χ4v) is 3.68. The number of methoxy groups -OCH3 is 1. The van der Waals surface area contributed by atoms with Crippen molar-refractivity contribution in [3.05, 3.63) is 64.3 Å². The van der Waals surface area contributed by atoms with Gasteiger partial charge >= 0.3 is 0 Å². The van der Waals surface area contributed by atoms with Crippen molar-refractivity contribution < 1.29 is 13.9 Å². The lowest BCUT2D eigenvalue weighted by Crippen LogP contribution is -2.27. The number of ether oxygens (including phenoxy) is 2. The van der Waals surface area contributed by atoms with Crippen molar-refractivity contribution in [3.8, 4) is 11.5 Å². The van der Waals surface area contributed by atoms with Gasteiger partial charge in [0, 0.05) is 6.07 Å². The summed E-state index contributed by atoms with van der Waals surface area (Å²) in [7, 11) is 1.55. The van der Waals surface area contributed by atoms with Crippen LogP contribution >= 0.6 is 0 Å². The van der Waals surface area contributed by atoms with E-state index in [2.05, 4.69) is 0 Å². The summed E-state index contributed by atoms with van der Waals surface area (Å²) in [5, 5.41) is 3.00. The SMILES string of the molecule is COc1cc2c(c3oc4cc5ccccc5cc4c(=O)c13)C=CC(C)(C)O2. The highest BCUT2D eigenvalue weighted by Gasteiger charge is 2.27. The van der Waals surface area contributed by atoms with Crippen LogP contribution in [0.1, 0.15) is 19.4 Å². The molecule has 4 aromatic rings. The minimum absolute atomic E-state index is 0.102. The lowest BCUT2D eigenvalue weighted by molar-refractivity contribution is 0.158. The molecule has 0 amide bonds. The zero-order valence-corrected chi connectivity index (χ0v) is 15.3. The lowest BCUT2D eigenvalue weighted by atomic mass is 9.99. The van der Waals surface area contributed by atoms with Crippen LogP contribution in [0.5, 0.6) is 11.5 Å². The van der Waals surface area contributed by atoms with E-state index in [0.717, 1.165) is 16.3 Å². The molecule has 2 heterocycles. The highest BCUT2D eigenvalue weighted by atomic mass is 16.5. The number of hydrogen-bond acceptors (Lipinski definition) is 4. The monoisotopic (exact) mass is 358 g/mol. The molecule has 0 aliphatic carbocycles. The van der Waals surface area contributed by atoms with Crippen LogP contribution in [0.25, 0.3) is 38.8 Å². The number of hydrogen-bond donors (Lipinski definition) is 0. The van der Waals surface area contributed by atoms with Crippen LogP contribution in [-0.2, 0) is 0 Å². The second-order valence-electron chi connectivity index (χ2n) is 7.36. The van der Waals surface area contributed by atoms with Gasteiger partial charge in [0.15, 0.2) is 5.58 Å². The van der Waals surface area contributed by atoms with Crippen molar-refractivity contribution in [3.63, 3.8) is 0 Å². The maximum atomic E-state index is 13.3. The van der Waals surface area contributed by atoms with E-state index in [1.165, 1.54) is 0 Å². The van der Waals surface area contributed by atoms with Crippen LogP contribution in [0.3, 0.4) is 0 Å². The molecule has 1 aliphatic heterocycles. The van der Waals surface area contributed by atoms with Crippen LogP contribution in [0.2, 0.25) is 0 Å². The van der Waals surface area contributed by atoms with Gasteiger partial charge < -0.3 is 13.9 Å². The van der Waals surface area contributed by atoms with E-state index in [9.17, 15) is 4.79 Å². The van der Waals surface area contributed by atoms with E-state index in [1.54, 1.807) is 13.2 Å². The Bertz CT molecular complexity index is 1330. The third-order valence-electron chi connectivity index (χ3n) is 5.02. The van der Waals surface area contributed by atoms with Gasteiger partial charge in [-0.2, -0.15) is 0 Å². The molecule has 1 aromatic heterocycles. The maximum Gasteiger partial charge on any atom is 0.204 e. The first-order valence-electron chi connectivity index (χ1n) is 8.85. The van der Waals surface area contributed by atoms with Crippen LogP contribution in [-0.4, -0.2) is 12.7 Å². The van der Waals surface area contributed by atoms with Gasteiger partial charge in [0.1, 0.15) is 28.1 Å². The second kappa shape index (κ2) is 5.36. The molecule has 27 heavy (non-hydrogen) atoms. The van der Waals surface area contributed by atoms with Crippen LogP contribution in [0, 0.1) is 0 Å². The van der Waals surface area contributed by atoms with Crippen molar-refractivity contribution in [2.75, 3.05) is 7.11 Å². The number of benzene rings is 3. The summed E-state index contributed by atoms with van der Waals surface area (Å²) in [6.07, 6.45) is 3.92. The first-order chi connectivity index (χ1) is 13.0. The molecular formula is C23H18O4. The Morgan fingerprint density at radius 2 is 1.78 bits per heavy atom. The van der Waals surface area contributed by atoms with Crippen LogP contribution in [0.4, 0.5) is 0 Å². The fraction of sp³-hybridized carbons (Fsp3) is 0.174. The summed E-state index contributed by atoms with van der Waals surface area (Å²) in [5.74, 6) is 1.11.